The summed E-state index contributed by atoms with van der Waals surface area (Å²) in [6.45, 7) is 1.58. The highest BCUT2D eigenvalue weighted by Gasteiger charge is 2.09. The van der Waals surface area contributed by atoms with Crippen LogP contribution in [0.25, 0.3) is 10.8 Å². The number of nitrogens with one attached hydrogen (secondary N) is 2. The van der Waals surface area contributed by atoms with Gasteiger partial charge in [0, 0.05) is 11.4 Å². The van der Waals surface area contributed by atoms with Gasteiger partial charge in [0.05, 0.1) is 0 Å². The Hall–Kier alpha value is -3.54. The molecule has 0 aliphatic heterocycles. The van der Waals surface area contributed by atoms with Crippen LogP contribution < -0.4 is 10.6 Å². The highest BCUT2D eigenvalue weighted by molar-refractivity contribution is 5.86. The average molecular weight is 366 g/mol. The van der Waals surface area contributed by atoms with Crippen LogP contribution in [0, 0.1) is 0 Å². The fraction of sp³-hybridized carbons (Fsp3) is 0.143. The van der Waals surface area contributed by atoms with E-state index in [0.29, 0.717) is 0 Å². The zero-order chi connectivity index (χ0) is 19.6. The molecule has 0 saturated carbocycles. The zero-order valence-corrected chi connectivity index (χ0v) is 14.9. The van der Waals surface area contributed by atoms with Gasteiger partial charge >= 0.3 is 11.9 Å². The summed E-state index contributed by atoms with van der Waals surface area (Å²) < 4.78 is 0. The molecular formula is C21H22N2O4. The zero-order valence-electron chi connectivity index (χ0n) is 14.9. The molecule has 0 bridgehead atoms. The fourth-order valence-electron chi connectivity index (χ4n) is 2.32. The molecule has 0 aliphatic carbocycles. The molecule has 3 rings (SSSR count). The van der Waals surface area contributed by atoms with Gasteiger partial charge in [-0.05, 0) is 42.0 Å². The highest BCUT2D eigenvalue weighted by atomic mass is 16.4. The van der Waals surface area contributed by atoms with Crippen LogP contribution in [0.5, 0.6) is 0 Å². The van der Waals surface area contributed by atoms with E-state index in [0.717, 1.165) is 22.1 Å². The Morgan fingerprint density at radius 3 is 2.11 bits per heavy atom. The third-order valence-corrected chi connectivity index (χ3v) is 3.72. The van der Waals surface area contributed by atoms with Crippen molar-refractivity contribution in [1.29, 1.82) is 0 Å². The largest absolute Gasteiger partial charge is 0.480 e. The van der Waals surface area contributed by atoms with E-state index in [1.54, 1.807) is 6.92 Å². The second kappa shape index (κ2) is 9.82. The molecule has 0 aromatic heterocycles. The van der Waals surface area contributed by atoms with Crippen LogP contribution in [0.2, 0.25) is 0 Å². The van der Waals surface area contributed by atoms with Gasteiger partial charge in [-0.1, -0.05) is 48.5 Å². The molecule has 0 spiro atoms. The van der Waals surface area contributed by atoms with E-state index in [2.05, 4.69) is 10.6 Å². The van der Waals surface area contributed by atoms with Gasteiger partial charge in [0.15, 0.2) is 0 Å². The number of carboxylic acids is 2. The molecule has 0 aliphatic rings. The normalized spacial score (nSPS) is 11.0. The molecule has 6 heteroatoms. The van der Waals surface area contributed by atoms with Gasteiger partial charge in [-0.25, -0.2) is 0 Å². The summed E-state index contributed by atoms with van der Waals surface area (Å²) in [6.07, 6.45) is 0. The highest BCUT2D eigenvalue weighted by Crippen LogP contribution is 2.19. The molecule has 1 atom stereocenters. The van der Waals surface area contributed by atoms with Crippen molar-refractivity contribution < 1.29 is 19.8 Å². The molecule has 0 unspecified atom stereocenters. The van der Waals surface area contributed by atoms with Crippen molar-refractivity contribution in [3.05, 3.63) is 72.8 Å². The summed E-state index contributed by atoms with van der Waals surface area (Å²) in [6, 6.07) is 22.4. The maximum absolute atomic E-state index is 10.7. The van der Waals surface area contributed by atoms with E-state index >= 15 is 0 Å². The third-order valence-electron chi connectivity index (χ3n) is 3.72. The lowest BCUT2D eigenvalue weighted by molar-refractivity contribution is -0.137. The minimum atomic E-state index is -0.854. The first-order valence-corrected chi connectivity index (χ1v) is 8.44. The molecule has 4 N–H and O–H groups in total. The van der Waals surface area contributed by atoms with Crippen molar-refractivity contribution in [2.24, 2.45) is 0 Å². The molecule has 0 radical (unpaired) electrons. The molecular weight excluding hydrogens is 344 g/mol. The lowest BCUT2D eigenvalue weighted by atomic mass is 10.1. The molecule has 0 heterocycles. The Morgan fingerprint density at radius 2 is 1.48 bits per heavy atom. The van der Waals surface area contributed by atoms with E-state index in [9.17, 15) is 9.59 Å². The molecule has 140 valence electrons. The molecule has 0 amide bonds. The molecule has 6 nitrogen and oxygen atoms in total. The first-order valence-electron chi connectivity index (χ1n) is 8.44. The molecule has 0 saturated heterocycles. The second-order valence-electron chi connectivity index (χ2n) is 5.88. The van der Waals surface area contributed by atoms with E-state index < -0.39 is 18.0 Å². The summed E-state index contributed by atoms with van der Waals surface area (Å²) in [4.78, 5) is 20.8. The van der Waals surface area contributed by atoms with E-state index in [1.807, 2.05) is 72.8 Å². The average Bonchev–Trinajstić information content (AvgIpc) is 2.67. The van der Waals surface area contributed by atoms with Gasteiger partial charge in [0.1, 0.15) is 12.6 Å². The summed E-state index contributed by atoms with van der Waals surface area (Å²) in [5.74, 6) is -1.71. The van der Waals surface area contributed by atoms with Crippen molar-refractivity contribution in [3.63, 3.8) is 0 Å². The fourth-order valence-corrected chi connectivity index (χ4v) is 2.32. The Kier molecular flexibility index (Phi) is 7.19. The monoisotopic (exact) mass is 366 g/mol. The summed E-state index contributed by atoms with van der Waals surface area (Å²) >= 11 is 0. The lowest BCUT2D eigenvalue weighted by Gasteiger charge is -2.11. The smallest absolute Gasteiger partial charge is 0.325 e. The number of carbonyl (C=O) groups is 2. The van der Waals surface area contributed by atoms with E-state index in [-0.39, 0.29) is 6.54 Å². The van der Waals surface area contributed by atoms with E-state index in [4.69, 9.17) is 10.2 Å². The van der Waals surface area contributed by atoms with Crippen LogP contribution in [0.3, 0.4) is 0 Å². The second-order valence-corrected chi connectivity index (χ2v) is 5.88. The van der Waals surface area contributed by atoms with Crippen LogP contribution in [0.1, 0.15) is 6.92 Å². The van der Waals surface area contributed by atoms with Crippen LogP contribution in [-0.2, 0) is 9.59 Å². The Morgan fingerprint density at radius 1 is 0.852 bits per heavy atom. The van der Waals surface area contributed by atoms with Crippen LogP contribution >= 0.6 is 0 Å². The van der Waals surface area contributed by atoms with Gasteiger partial charge in [-0.3, -0.25) is 9.59 Å². The summed E-state index contributed by atoms with van der Waals surface area (Å²) in [7, 11) is 0. The minimum Gasteiger partial charge on any atom is -0.480 e. The standard InChI is InChI=1S/C13H13NO2.C8H9NO2/c1-9(13(15)16)14-12-7-6-10-4-2-3-5-11(10)8-12;10-8(11)6-9-7-4-2-1-3-5-7/h2-9,14H,1H3,(H,15,16);1-5,9H,6H2,(H,10,11)/t9-;/m0./s1. The number of carboxylic acid groups (broad SMARTS) is 2. The lowest BCUT2D eigenvalue weighted by Crippen LogP contribution is -2.25. The SMILES string of the molecule is C[C@H](Nc1ccc2ccccc2c1)C(=O)O.O=C(O)CNc1ccccc1. The maximum Gasteiger partial charge on any atom is 0.325 e. The van der Waals surface area contributed by atoms with Crippen LogP contribution in [-0.4, -0.2) is 34.7 Å². The van der Waals surface area contributed by atoms with Gasteiger partial charge < -0.3 is 20.8 Å². The molecule has 3 aromatic carbocycles. The van der Waals surface area contributed by atoms with Crippen molar-refractivity contribution in [2.75, 3.05) is 17.2 Å². The number of benzene rings is 3. The first-order chi connectivity index (χ1) is 13.0. The molecule has 0 fully saturated rings. The maximum atomic E-state index is 10.7. The number of para-hydroxylation sites is 1. The number of aliphatic carboxylic acids is 2. The van der Waals surface area contributed by atoms with Crippen molar-refractivity contribution >= 4 is 34.1 Å². The number of hydrogen-bond donors (Lipinski definition) is 4. The van der Waals surface area contributed by atoms with Gasteiger partial charge in [-0.15, -0.1) is 0 Å². The first kappa shape index (κ1) is 19.8. The van der Waals surface area contributed by atoms with Crippen LogP contribution in [0.15, 0.2) is 72.8 Å². The Bertz CT molecular complexity index is 897. The number of rotatable bonds is 6. The van der Waals surface area contributed by atoms with Gasteiger partial charge in [-0.2, -0.15) is 0 Å². The Labute approximate surface area is 157 Å². The topological polar surface area (TPSA) is 98.7 Å². The number of fused-ring (bicyclic) bond motifs is 1. The summed E-state index contributed by atoms with van der Waals surface area (Å²) in [5, 5.41) is 25.0. The Balaban J connectivity index is 0.000000208. The predicted molar refractivity (Wildman–Crippen MR) is 107 cm³/mol. The van der Waals surface area contributed by atoms with Crippen molar-refractivity contribution in [1.82, 2.24) is 0 Å². The van der Waals surface area contributed by atoms with Gasteiger partial charge in [0.25, 0.3) is 0 Å². The van der Waals surface area contributed by atoms with E-state index in [1.165, 1.54) is 0 Å². The predicted octanol–water partition coefficient (Wildman–Crippen LogP) is 3.91. The third kappa shape index (κ3) is 6.70. The number of hydrogen-bond acceptors (Lipinski definition) is 4. The van der Waals surface area contributed by atoms with Gasteiger partial charge in [0.2, 0.25) is 0 Å². The number of anilines is 2. The quantitative estimate of drug-likeness (QED) is 0.528. The van der Waals surface area contributed by atoms with Crippen molar-refractivity contribution in [3.8, 4) is 0 Å². The minimum absolute atomic E-state index is 0.0377. The molecule has 3 aromatic rings. The molecule has 27 heavy (non-hydrogen) atoms. The van der Waals surface area contributed by atoms with Crippen LogP contribution in [0.4, 0.5) is 11.4 Å². The summed E-state index contributed by atoms with van der Waals surface area (Å²) in [5.41, 5.74) is 1.66. The van der Waals surface area contributed by atoms with Crippen molar-refractivity contribution in [2.45, 2.75) is 13.0 Å².